The van der Waals surface area contributed by atoms with Crippen LogP contribution in [0.5, 0.6) is 5.75 Å². The molecule has 0 saturated heterocycles. The largest absolute Gasteiger partial charge is 0.497 e. The third-order valence-corrected chi connectivity index (χ3v) is 8.95. The molecule has 54 heavy (non-hydrogen) atoms. The van der Waals surface area contributed by atoms with E-state index in [1.807, 2.05) is 72.8 Å². The maximum atomic E-state index is 14.0. The highest BCUT2D eigenvalue weighted by molar-refractivity contribution is 6.09. The lowest BCUT2D eigenvalue weighted by Gasteiger charge is -2.09. The molecule has 3 unspecified atom stereocenters. The minimum atomic E-state index is -0.957. The molecule has 6 aromatic rings. The Morgan fingerprint density at radius 1 is 0.519 bits per heavy atom. The number of carbonyl (C=O) groups is 4. The molecule has 3 atom stereocenters. The summed E-state index contributed by atoms with van der Waals surface area (Å²) in [7, 11) is 1.63. The molecule has 0 aliphatic rings. The first-order chi connectivity index (χ1) is 25.8. The number of hydrogen-bond donors (Lipinski definition) is 3. The smallest absolute Gasteiger partial charge is 0.310 e. The lowest BCUT2D eigenvalue weighted by atomic mass is 9.96. The number of carboxylic acids is 3. The summed E-state index contributed by atoms with van der Waals surface area (Å²) in [5.41, 5.74) is 4.30. The molecule has 0 aliphatic carbocycles. The summed E-state index contributed by atoms with van der Waals surface area (Å²) in [6.45, 7) is 4.83. The normalized spacial score (nSPS) is 12.1. The third-order valence-electron chi connectivity index (χ3n) is 8.95. The van der Waals surface area contributed by atoms with Crippen LogP contribution in [0.15, 0.2) is 140 Å². The number of aliphatic carboxylic acids is 3. The van der Waals surface area contributed by atoms with E-state index in [9.17, 15) is 23.6 Å². The van der Waals surface area contributed by atoms with Gasteiger partial charge in [-0.2, -0.15) is 0 Å². The van der Waals surface area contributed by atoms with Crippen LogP contribution in [-0.2, 0) is 14.4 Å². The van der Waals surface area contributed by atoms with Crippen LogP contribution in [0.3, 0.4) is 0 Å². The summed E-state index contributed by atoms with van der Waals surface area (Å²) in [6.07, 6.45) is 0. The number of carboxylic acid groups (broad SMARTS) is 3. The number of methoxy groups -OCH3 is 1. The van der Waals surface area contributed by atoms with Crippen molar-refractivity contribution in [3.05, 3.63) is 173 Å². The molecule has 0 fully saturated rings. The van der Waals surface area contributed by atoms with E-state index in [1.165, 1.54) is 6.07 Å². The summed E-state index contributed by atoms with van der Waals surface area (Å²) >= 11 is 0. The van der Waals surface area contributed by atoms with Gasteiger partial charge in [-0.3, -0.25) is 19.2 Å². The Kier molecular flexibility index (Phi) is 13.9. The number of hydrogen-bond acceptors (Lipinski definition) is 5. The molecule has 0 bridgehead atoms. The molecule has 0 spiro atoms. The van der Waals surface area contributed by atoms with Crippen molar-refractivity contribution in [2.24, 2.45) is 0 Å². The van der Waals surface area contributed by atoms with Crippen LogP contribution in [0.4, 0.5) is 4.39 Å². The van der Waals surface area contributed by atoms with Gasteiger partial charge >= 0.3 is 17.9 Å². The van der Waals surface area contributed by atoms with Gasteiger partial charge in [0.25, 0.3) is 0 Å². The minimum Gasteiger partial charge on any atom is -0.497 e. The first-order valence-corrected chi connectivity index (χ1v) is 17.1. The molecule has 0 aromatic heterocycles. The van der Waals surface area contributed by atoms with Crippen molar-refractivity contribution in [3.8, 4) is 16.9 Å². The molecule has 0 amide bonds. The zero-order valence-electron chi connectivity index (χ0n) is 30.3. The molecule has 0 aliphatic heterocycles. The van der Waals surface area contributed by atoms with Crippen molar-refractivity contribution in [1.29, 1.82) is 0 Å². The lowest BCUT2D eigenvalue weighted by Crippen LogP contribution is -2.09. The topological polar surface area (TPSA) is 138 Å². The van der Waals surface area contributed by atoms with Gasteiger partial charge in [-0.15, -0.1) is 0 Å². The SMILES string of the molecule is CC(C(=O)O)c1ccc(-c2ccccc2)c(F)c1.CC(C(=O)O)c1cccc(C(=O)c2ccccc2)c1.COc1ccc2cc(C(C)C(=O)O)ccc2c1. The molecule has 8 nitrogen and oxygen atoms in total. The van der Waals surface area contributed by atoms with E-state index in [-0.39, 0.29) is 5.78 Å². The van der Waals surface area contributed by atoms with Crippen LogP contribution in [0.2, 0.25) is 0 Å². The van der Waals surface area contributed by atoms with E-state index in [2.05, 4.69) is 0 Å². The molecule has 0 saturated carbocycles. The number of fused-ring (bicyclic) bond motifs is 1. The molecule has 3 N–H and O–H groups in total. The molecule has 276 valence electrons. The zero-order valence-corrected chi connectivity index (χ0v) is 30.3. The fourth-order valence-corrected chi connectivity index (χ4v) is 5.42. The maximum absolute atomic E-state index is 14.0. The summed E-state index contributed by atoms with van der Waals surface area (Å²) in [4.78, 5) is 45.0. The average molecular weight is 729 g/mol. The van der Waals surface area contributed by atoms with E-state index < -0.39 is 41.5 Å². The van der Waals surface area contributed by atoms with Crippen LogP contribution < -0.4 is 4.74 Å². The number of ketones is 1. The highest BCUT2D eigenvalue weighted by Crippen LogP contribution is 2.27. The fraction of sp³-hybridized carbons (Fsp3) is 0.156. The molecular weight excluding hydrogens is 687 g/mol. The maximum Gasteiger partial charge on any atom is 0.310 e. The Balaban J connectivity index is 0.000000181. The van der Waals surface area contributed by atoms with Crippen LogP contribution in [0.1, 0.15) is 71.1 Å². The Morgan fingerprint density at radius 2 is 1.00 bits per heavy atom. The van der Waals surface area contributed by atoms with E-state index in [1.54, 1.807) is 88.5 Å². The van der Waals surface area contributed by atoms with Gasteiger partial charge in [0.1, 0.15) is 11.6 Å². The van der Waals surface area contributed by atoms with E-state index in [0.717, 1.165) is 27.6 Å². The first-order valence-electron chi connectivity index (χ1n) is 17.1. The van der Waals surface area contributed by atoms with E-state index in [0.29, 0.717) is 27.8 Å². The van der Waals surface area contributed by atoms with E-state index >= 15 is 0 Å². The van der Waals surface area contributed by atoms with Crippen molar-refractivity contribution >= 4 is 34.5 Å². The average Bonchev–Trinajstić information content (AvgIpc) is 3.20. The standard InChI is InChI=1S/C16H14O3.C15H13FO2.C14H14O3/c1-11(16(18)19)13-8-5-9-14(10-13)15(17)12-6-3-2-4-7-12;1-10(15(17)18)12-7-8-13(14(16)9-12)11-5-3-2-4-6-11;1-9(14(15)16)10-3-4-12-8-13(17-2)6-5-11(12)7-10/h2-11H,1H3,(H,18,19);2-10H,1H3,(H,17,18);3-9H,1-2H3,(H,15,16). The van der Waals surface area contributed by atoms with E-state index in [4.69, 9.17) is 20.1 Å². The van der Waals surface area contributed by atoms with Crippen molar-refractivity contribution in [2.75, 3.05) is 7.11 Å². The fourth-order valence-electron chi connectivity index (χ4n) is 5.42. The van der Waals surface area contributed by atoms with Gasteiger partial charge in [0.2, 0.25) is 0 Å². The van der Waals surface area contributed by atoms with Crippen LogP contribution in [0.25, 0.3) is 21.9 Å². The van der Waals surface area contributed by atoms with Crippen molar-refractivity contribution in [1.82, 2.24) is 0 Å². The van der Waals surface area contributed by atoms with Crippen LogP contribution >= 0.6 is 0 Å². The van der Waals surface area contributed by atoms with Crippen molar-refractivity contribution in [3.63, 3.8) is 0 Å². The Labute approximate surface area is 313 Å². The predicted molar refractivity (Wildman–Crippen MR) is 207 cm³/mol. The Bertz CT molecular complexity index is 2230. The monoisotopic (exact) mass is 728 g/mol. The molecule has 6 aromatic carbocycles. The van der Waals surface area contributed by atoms with Gasteiger partial charge in [0.05, 0.1) is 24.9 Å². The molecule has 9 heteroatoms. The summed E-state index contributed by atoms with van der Waals surface area (Å²) < 4.78 is 19.1. The van der Waals surface area contributed by atoms with Gasteiger partial charge in [0.15, 0.2) is 5.78 Å². The summed E-state index contributed by atoms with van der Waals surface area (Å²) in [5.74, 6) is -4.17. The lowest BCUT2D eigenvalue weighted by molar-refractivity contribution is -0.139. The number of carbonyl (C=O) groups excluding carboxylic acids is 1. The van der Waals surface area contributed by atoms with Crippen molar-refractivity contribution in [2.45, 2.75) is 38.5 Å². The third kappa shape index (κ3) is 10.5. The highest BCUT2D eigenvalue weighted by atomic mass is 19.1. The first kappa shape index (κ1) is 40.2. The molecule has 0 heterocycles. The second-order valence-electron chi connectivity index (χ2n) is 12.6. The van der Waals surface area contributed by atoms with Crippen LogP contribution in [-0.4, -0.2) is 46.1 Å². The van der Waals surface area contributed by atoms with Crippen molar-refractivity contribution < 1.29 is 43.6 Å². The number of halogens is 1. The predicted octanol–water partition coefficient (Wildman–Crippen LogP) is 9.82. The Hall–Kier alpha value is -6.61. The second-order valence-corrected chi connectivity index (χ2v) is 12.6. The summed E-state index contributed by atoms with van der Waals surface area (Å²) in [6, 6.07) is 40.9. The quantitative estimate of drug-likeness (QED) is 0.119. The zero-order chi connectivity index (χ0) is 39.4. The van der Waals surface area contributed by atoms with Gasteiger partial charge < -0.3 is 20.1 Å². The molecular formula is C45H41FO8. The minimum absolute atomic E-state index is 0.0972. The highest BCUT2D eigenvalue weighted by Gasteiger charge is 2.17. The van der Waals surface area contributed by atoms with Gasteiger partial charge in [-0.05, 0) is 78.1 Å². The number of benzene rings is 6. The second kappa shape index (κ2) is 18.8. The molecule has 0 radical (unpaired) electrons. The van der Waals surface area contributed by atoms with Gasteiger partial charge in [-0.1, -0.05) is 115 Å². The summed E-state index contributed by atoms with van der Waals surface area (Å²) in [5, 5.41) is 28.9. The number of rotatable bonds is 10. The number of ether oxygens (including phenoxy) is 1. The van der Waals surface area contributed by atoms with Crippen LogP contribution in [0, 0.1) is 5.82 Å². The van der Waals surface area contributed by atoms with Gasteiger partial charge in [-0.25, -0.2) is 4.39 Å². The van der Waals surface area contributed by atoms with Gasteiger partial charge in [0, 0.05) is 16.7 Å². The Morgan fingerprint density at radius 3 is 1.56 bits per heavy atom. The molecule has 6 rings (SSSR count).